The van der Waals surface area contributed by atoms with Gasteiger partial charge in [0.1, 0.15) is 15.7 Å². The predicted octanol–water partition coefficient (Wildman–Crippen LogP) is 2.12. The Morgan fingerprint density at radius 1 is 1.50 bits per heavy atom. The van der Waals surface area contributed by atoms with Gasteiger partial charge in [-0.15, -0.1) is 0 Å². The third kappa shape index (κ3) is 2.97. The molecule has 1 amide bonds. The van der Waals surface area contributed by atoms with Crippen LogP contribution in [0.2, 0.25) is 0 Å². The molecule has 1 aliphatic heterocycles. The van der Waals surface area contributed by atoms with Crippen LogP contribution in [0.15, 0.2) is 16.7 Å². The van der Waals surface area contributed by atoms with Crippen LogP contribution in [-0.4, -0.2) is 31.1 Å². The van der Waals surface area contributed by atoms with Gasteiger partial charge in [0.2, 0.25) is 15.0 Å². The van der Waals surface area contributed by atoms with E-state index in [1.807, 2.05) is 0 Å². The van der Waals surface area contributed by atoms with Crippen molar-refractivity contribution in [3.63, 3.8) is 0 Å². The Kier molecular flexibility index (Phi) is 4.20. The van der Waals surface area contributed by atoms with Gasteiger partial charge >= 0.3 is 0 Å². The van der Waals surface area contributed by atoms with Crippen LogP contribution < -0.4 is 4.90 Å². The summed E-state index contributed by atoms with van der Waals surface area (Å²) >= 11 is 5.36. The molecule has 1 aromatic rings. The lowest BCUT2D eigenvalue weighted by atomic mass is 10.4. The lowest BCUT2D eigenvalue weighted by molar-refractivity contribution is -0.117. The van der Waals surface area contributed by atoms with Gasteiger partial charge in [-0.25, -0.2) is 13.4 Å². The fourth-order valence-corrected chi connectivity index (χ4v) is 3.28. The fraction of sp³-hybridized carbons (Fsp3) is 0.333. The zero-order valence-corrected chi connectivity index (χ0v) is 14.1. The van der Waals surface area contributed by atoms with Crippen molar-refractivity contribution in [2.75, 3.05) is 11.4 Å². The first-order chi connectivity index (χ1) is 8.29. The first kappa shape index (κ1) is 14.5. The van der Waals surface area contributed by atoms with E-state index in [9.17, 15) is 13.2 Å². The van der Waals surface area contributed by atoms with E-state index < -0.39 is 14.3 Å². The minimum absolute atomic E-state index is 0.0463. The molecule has 1 atom stereocenters. The maximum Gasteiger partial charge on any atom is 0.237 e. The van der Waals surface area contributed by atoms with E-state index in [1.54, 1.807) is 12.1 Å². The van der Waals surface area contributed by atoms with Crippen molar-refractivity contribution in [1.82, 2.24) is 4.98 Å². The molecule has 0 spiro atoms. The molecule has 1 aromatic heterocycles. The summed E-state index contributed by atoms with van der Waals surface area (Å²) in [4.78, 5) is 17.3. The Balaban J connectivity index is 2.30. The molecule has 0 saturated carbocycles. The summed E-state index contributed by atoms with van der Waals surface area (Å²) in [6.07, 6.45) is -0.100. The zero-order valence-electron chi connectivity index (χ0n) is 8.81. The standard InChI is InChI=1S/C9H7BrClIN2O3S/c10-9-6(12)1-2-7(13-9)14-4-5(3-8(14)15)18(11,16)17/h1-2,5H,3-4H2. The van der Waals surface area contributed by atoms with E-state index in [4.69, 9.17) is 10.7 Å². The van der Waals surface area contributed by atoms with Gasteiger partial charge in [-0.1, -0.05) is 0 Å². The third-order valence-electron chi connectivity index (χ3n) is 2.55. The summed E-state index contributed by atoms with van der Waals surface area (Å²) < 4.78 is 24.0. The summed E-state index contributed by atoms with van der Waals surface area (Å²) in [5.74, 6) is 0.139. The van der Waals surface area contributed by atoms with E-state index in [2.05, 4.69) is 43.5 Å². The maximum absolute atomic E-state index is 11.8. The molecule has 0 aliphatic carbocycles. The van der Waals surface area contributed by atoms with Gasteiger partial charge in [0.15, 0.2) is 0 Å². The van der Waals surface area contributed by atoms with E-state index in [0.717, 1.165) is 3.57 Å². The Bertz CT molecular complexity index is 610. The van der Waals surface area contributed by atoms with Gasteiger partial charge in [-0.2, -0.15) is 0 Å². The molecule has 0 radical (unpaired) electrons. The van der Waals surface area contributed by atoms with E-state index in [0.29, 0.717) is 10.4 Å². The van der Waals surface area contributed by atoms with Crippen molar-refractivity contribution in [2.24, 2.45) is 0 Å². The summed E-state index contributed by atoms with van der Waals surface area (Å²) in [5, 5.41) is -0.869. The van der Waals surface area contributed by atoms with Crippen molar-refractivity contribution < 1.29 is 13.2 Å². The lowest BCUT2D eigenvalue weighted by Crippen LogP contribution is -2.27. The molecular weight excluding hydrogens is 458 g/mol. The number of carbonyl (C=O) groups is 1. The van der Waals surface area contributed by atoms with Crippen molar-refractivity contribution in [1.29, 1.82) is 0 Å². The highest BCUT2D eigenvalue weighted by molar-refractivity contribution is 14.1. The van der Waals surface area contributed by atoms with Gasteiger partial charge in [0, 0.05) is 27.2 Å². The molecule has 1 saturated heterocycles. The summed E-state index contributed by atoms with van der Waals surface area (Å²) in [6.45, 7) is 0.0463. The smallest absolute Gasteiger partial charge is 0.237 e. The first-order valence-corrected chi connectivity index (χ1v) is 9.09. The Labute approximate surface area is 131 Å². The highest BCUT2D eigenvalue weighted by atomic mass is 127. The van der Waals surface area contributed by atoms with Crippen molar-refractivity contribution >= 4 is 70.0 Å². The second-order valence-corrected chi connectivity index (χ2v) is 8.57. The third-order valence-corrected chi connectivity index (χ3v) is 6.64. The minimum Gasteiger partial charge on any atom is -0.295 e. The molecule has 18 heavy (non-hydrogen) atoms. The molecule has 0 bridgehead atoms. The number of aromatic nitrogens is 1. The molecular formula is C9H7BrClIN2O3S. The molecule has 0 N–H and O–H groups in total. The predicted molar refractivity (Wildman–Crippen MR) is 80.2 cm³/mol. The number of hydrogen-bond acceptors (Lipinski definition) is 4. The van der Waals surface area contributed by atoms with Gasteiger partial charge in [-0.05, 0) is 50.7 Å². The van der Waals surface area contributed by atoms with Gasteiger partial charge in [-0.3, -0.25) is 9.69 Å². The summed E-state index contributed by atoms with van der Waals surface area (Å²) in [6, 6.07) is 3.47. The number of carbonyl (C=O) groups excluding carboxylic acids is 1. The van der Waals surface area contributed by atoms with E-state index >= 15 is 0 Å². The van der Waals surface area contributed by atoms with Gasteiger partial charge in [0.25, 0.3) is 0 Å². The first-order valence-electron chi connectivity index (χ1n) is 4.85. The van der Waals surface area contributed by atoms with Crippen LogP contribution in [0.1, 0.15) is 6.42 Å². The fourth-order valence-electron chi connectivity index (χ4n) is 1.64. The van der Waals surface area contributed by atoms with Crippen LogP contribution >= 0.6 is 49.2 Å². The Hall–Kier alpha value is 0.0700. The average Bonchev–Trinajstić information content (AvgIpc) is 2.64. The topological polar surface area (TPSA) is 67.3 Å². The summed E-state index contributed by atoms with van der Waals surface area (Å²) in [7, 11) is 1.55. The molecule has 1 aliphatic rings. The number of pyridine rings is 1. The molecule has 0 aromatic carbocycles. The second kappa shape index (κ2) is 5.22. The summed E-state index contributed by atoms with van der Waals surface area (Å²) in [5.41, 5.74) is 0. The molecule has 9 heteroatoms. The maximum atomic E-state index is 11.8. The SMILES string of the molecule is O=C1CC(S(=O)(=O)Cl)CN1c1ccc(I)c(Br)n1. The monoisotopic (exact) mass is 464 g/mol. The van der Waals surface area contributed by atoms with Crippen molar-refractivity contribution in [2.45, 2.75) is 11.7 Å². The highest BCUT2D eigenvalue weighted by Crippen LogP contribution is 2.27. The van der Waals surface area contributed by atoms with Crippen LogP contribution in [0, 0.1) is 3.57 Å². The van der Waals surface area contributed by atoms with Crippen LogP contribution in [0.3, 0.4) is 0 Å². The molecule has 2 heterocycles. The number of nitrogens with zero attached hydrogens (tertiary/aromatic N) is 2. The Morgan fingerprint density at radius 2 is 2.17 bits per heavy atom. The van der Waals surface area contributed by atoms with Crippen molar-refractivity contribution in [3.05, 3.63) is 20.3 Å². The van der Waals surface area contributed by atoms with Crippen molar-refractivity contribution in [3.8, 4) is 0 Å². The zero-order chi connectivity index (χ0) is 13.5. The lowest BCUT2D eigenvalue weighted by Gasteiger charge is -2.15. The molecule has 5 nitrogen and oxygen atoms in total. The molecule has 2 rings (SSSR count). The van der Waals surface area contributed by atoms with Gasteiger partial charge < -0.3 is 0 Å². The second-order valence-electron chi connectivity index (χ2n) is 3.75. The van der Waals surface area contributed by atoms with Crippen LogP contribution in [0.4, 0.5) is 5.82 Å². The number of hydrogen-bond donors (Lipinski definition) is 0. The number of rotatable bonds is 2. The number of amides is 1. The van der Waals surface area contributed by atoms with Crippen LogP contribution in [0.25, 0.3) is 0 Å². The highest BCUT2D eigenvalue weighted by Gasteiger charge is 2.38. The molecule has 1 unspecified atom stereocenters. The number of anilines is 1. The molecule has 98 valence electrons. The molecule has 1 fully saturated rings. The average molecular weight is 465 g/mol. The quantitative estimate of drug-likeness (QED) is 0.381. The van der Waals surface area contributed by atoms with E-state index in [-0.39, 0.29) is 18.9 Å². The van der Waals surface area contributed by atoms with Crippen LogP contribution in [0.5, 0.6) is 0 Å². The van der Waals surface area contributed by atoms with E-state index in [1.165, 1.54) is 4.90 Å². The van der Waals surface area contributed by atoms with Gasteiger partial charge in [0.05, 0.1) is 0 Å². The van der Waals surface area contributed by atoms with Crippen LogP contribution in [-0.2, 0) is 13.8 Å². The largest absolute Gasteiger partial charge is 0.295 e. The normalized spacial score (nSPS) is 20.5. The number of halogens is 3. The minimum atomic E-state index is -3.73. The Morgan fingerprint density at radius 3 is 2.67 bits per heavy atom.